The lowest BCUT2D eigenvalue weighted by molar-refractivity contribution is -0.143. The van der Waals surface area contributed by atoms with Crippen LogP contribution in [0.5, 0.6) is 0 Å². The van der Waals surface area contributed by atoms with Crippen molar-refractivity contribution in [3.63, 3.8) is 0 Å². The van der Waals surface area contributed by atoms with E-state index in [1.54, 1.807) is 11.0 Å². The molecule has 1 atom stereocenters. The van der Waals surface area contributed by atoms with Gasteiger partial charge >= 0.3 is 5.97 Å². The molecule has 1 aliphatic rings. The highest BCUT2D eigenvalue weighted by Crippen LogP contribution is 2.23. The Morgan fingerprint density at radius 3 is 2.84 bits per heavy atom. The summed E-state index contributed by atoms with van der Waals surface area (Å²) in [5.74, 6) is -1.33. The highest BCUT2D eigenvalue weighted by Gasteiger charge is 2.29. The van der Waals surface area contributed by atoms with Crippen molar-refractivity contribution >= 4 is 27.8 Å². The Hall–Kier alpha value is -1.36. The van der Waals surface area contributed by atoms with Gasteiger partial charge in [0.2, 0.25) is 0 Å². The van der Waals surface area contributed by atoms with Crippen LogP contribution in [0.1, 0.15) is 28.8 Å². The largest absolute Gasteiger partial charge is 0.481 e. The van der Waals surface area contributed by atoms with Crippen molar-refractivity contribution in [2.75, 3.05) is 13.1 Å². The Morgan fingerprint density at radius 2 is 2.16 bits per heavy atom. The van der Waals surface area contributed by atoms with Gasteiger partial charge in [0.1, 0.15) is 0 Å². The fourth-order valence-corrected chi connectivity index (χ4v) is 2.74. The van der Waals surface area contributed by atoms with Crippen LogP contribution < -0.4 is 0 Å². The van der Waals surface area contributed by atoms with Gasteiger partial charge < -0.3 is 10.0 Å². The Balaban J connectivity index is 2.19. The summed E-state index contributed by atoms with van der Waals surface area (Å²) in [6.45, 7) is 2.82. The molecular weight excluding hydrogens is 310 g/mol. The number of aliphatic carboxylic acids is 1. The molecule has 1 aliphatic heterocycles. The van der Waals surface area contributed by atoms with Gasteiger partial charge in [-0.15, -0.1) is 0 Å². The Morgan fingerprint density at radius 1 is 1.42 bits per heavy atom. The molecule has 5 heteroatoms. The van der Waals surface area contributed by atoms with Gasteiger partial charge in [-0.25, -0.2) is 0 Å². The maximum Gasteiger partial charge on any atom is 0.308 e. The summed E-state index contributed by atoms with van der Waals surface area (Å²) in [4.78, 5) is 25.1. The molecule has 0 spiro atoms. The molecule has 1 aromatic rings. The van der Waals surface area contributed by atoms with Crippen molar-refractivity contribution in [1.82, 2.24) is 4.90 Å². The fraction of sp³-hybridized carbons (Fsp3) is 0.429. The summed E-state index contributed by atoms with van der Waals surface area (Å²) in [6.07, 6.45) is 1.40. The van der Waals surface area contributed by atoms with Crippen molar-refractivity contribution < 1.29 is 14.7 Å². The number of likely N-dealkylation sites (tertiary alicyclic amines) is 1. The Kier molecular flexibility index (Phi) is 4.24. The minimum Gasteiger partial charge on any atom is -0.481 e. The Bertz CT molecular complexity index is 515. The summed E-state index contributed by atoms with van der Waals surface area (Å²) in [7, 11) is 0. The van der Waals surface area contributed by atoms with Crippen LogP contribution in [-0.2, 0) is 4.79 Å². The standard InChI is InChI=1S/C14H16BrNO3/c1-9-11(5-2-6-12(9)15)13(17)16-7-3-4-10(8-16)14(18)19/h2,5-6,10H,3-4,7-8H2,1H3,(H,18,19)/t10-/m1/s1. The second-order valence-electron chi connectivity index (χ2n) is 4.84. The summed E-state index contributed by atoms with van der Waals surface area (Å²) >= 11 is 3.41. The predicted molar refractivity (Wildman–Crippen MR) is 75.1 cm³/mol. The molecule has 19 heavy (non-hydrogen) atoms. The zero-order valence-electron chi connectivity index (χ0n) is 10.7. The third-order valence-electron chi connectivity index (χ3n) is 3.56. The molecule has 0 bridgehead atoms. The number of carbonyl (C=O) groups excluding carboxylic acids is 1. The quantitative estimate of drug-likeness (QED) is 0.909. The van der Waals surface area contributed by atoms with E-state index in [9.17, 15) is 9.59 Å². The van der Waals surface area contributed by atoms with Gasteiger partial charge in [0.05, 0.1) is 5.92 Å². The van der Waals surface area contributed by atoms with E-state index in [1.807, 2.05) is 19.1 Å². The van der Waals surface area contributed by atoms with Crippen LogP contribution in [0, 0.1) is 12.8 Å². The molecule has 1 amide bonds. The van der Waals surface area contributed by atoms with Crippen LogP contribution >= 0.6 is 15.9 Å². The molecule has 2 rings (SSSR count). The maximum atomic E-state index is 12.5. The van der Waals surface area contributed by atoms with Crippen LogP contribution in [0.2, 0.25) is 0 Å². The van der Waals surface area contributed by atoms with E-state index < -0.39 is 11.9 Å². The van der Waals surface area contributed by atoms with Crippen molar-refractivity contribution in [3.05, 3.63) is 33.8 Å². The molecule has 0 aromatic heterocycles. The molecule has 1 heterocycles. The van der Waals surface area contributed by atoms with Crippen molar-refractivity contribution in [1.29, 1.82) is 0 Å². The average Bonchev–Trinajstić information content (AvgIpc) is 2.41. The number of benzene rings is 1. The maximum absolute atomic E-state index is 12.5. The number of amides is 1. The lowest BCUT2D eigenvalue weighted by Gasteiger charge is -2.31. The molecule has 4 nitrogen and oxygen atoms in total. The molecule has 1 fully saturated rings. The summed E-state index contributed by atoms with van der Waals surface area (Å²) in [6, 6.07) is 5.50. The molecular formula is C14H16BrNO3. The van der Waals surface area contributed by atoms with Gasteiger partial charge in [-0.2, -0.15) is 0 Å². The minimum atomic E-state index is -0.816. The summed E-state index contributed by atoms with van der Waals surface area (Å²) in [5.41, 5.74) is 1.53. The van der Waals surface area contributed by atoms with E-state index in [2.05, 4.69) is 15.9 Å². The molecule has 1 aromatic carbocycles. The van der Waals surface area contributed by atoms with Crippen LogP contribution in [0.3, 0.4) is 0 Å². The number of piperidine rings is 1. The summed E-state index contributed by atoms with van der Waals surface area (Å²) in [5, 5.41) is 9.06. The Labute approximate surface area is 120 Å². The van der Waals surface area contributed by atoms with E-state index in [1.165, 1.54) is 0 Å². The fourth-order valence-electron chi connectivity index (χ4n) is 2.37. The number of carboxylic acids is 1. The normalized spacial score (nSPS) is 19.3. The number of carboxylic acid groups (broad SMARTS) is 1. The lowest BCUT2D eigenvalue weighted by Crippen LogP contribution is -2.42. The van der Waals surface area contributed by atoms with Crippen LogP contribution in [0.4, 0.5) is 0 Å². The van der Waals surface area contributed by atoms with Gasteiger partial charge in [0.25, 0.3) is 5.91 Å². The number of carbonyl (C=O) groups is 2. The minimum absolute atomic E-state index is 0.0789. The van der Waals surface area contributed by atoms with Crippen molar-refractivity contribution in [3.8, 4) is 0 Å². The number of rotatable bonds is 2. The first-order valence-electron chi connectivity index (χ1n) is 6.28. The molecule has 1 saturated heterocycles. The van der Waals surface area contributed by atoms with Crippen LogP contribution in [0.25, 0.3) is 0 Å². The monoisotopic (exact) mass is 325 g/mol. The molecule has 1 N–H and O–H groups in total. The van der Waals surface area contributed by atoms with E-state index in [0.717, 1.165) is 16.5 Å². The molecule has 0 radical (unpaired) electrons. The number of halogens is 1. The second-order valence-corrected chi connectivity index (χ2v) is 5.70. The van der Waals surface area contributed by atoms with Gasteiger partial charge in [-0.3, -0.25) is 9.59 Å². The van der Waals surface area contributed by atoms with E-state index >= 15 is 0 Å². The lowest BCUT2D eigenvalue weighted by atomic mass is 9.97. The average molecular weight is 326 g/mol. The molecule has 0 saturated carbocycles. The topological polar surface area (TPSA) is 57.6 Å². The second kappa shape index (κ2) is 5.74. The third kappa shape index (κ3) is 2.97. The number of hydrogen-bond donors (Lipinski definition) is 1. The smallest absolute Gasteiger partial charge is 0.308 e. The van der Waals surface area contributed by atoms with E-state index in [0.29, 0.717) is 25.1 Å². The zero-order chi connectivity index (χ0) is 14.0. The van der Waals surface area contributed by atoms with E-state index in [4.69, 9.17) is 5.11 Å². The van der Waals surface area contributed by atoms with Gasteiger partial charge in [0, 0.05) is 23.1 Å². The molecule has 0 unspecified atom stereocenters. The first kappa shape index (κ1) is 14.1. The highest BCUT2D eigenvalue weighted by molar-refractivity contribution is 9.10. The third-order valence-corrected chi connectivity index (χ3v) is 4.42. The number of hydrogen-bond acceptors (Lipinski definition) is 2. The van der Waals surface area contributed by atoms with Crippen LogP contribution in [-0.4, -0.2) is 35.0 Å². The van der Waals surface area contributed by atoms with Crippen molar-refractivity contribution in [2.24, 2.45) is 5.92 Å². The first-order chi connectivity index (χ1) is 9.00. The SMILES string of the molecule is Cc1c(Br)cccc1C(=O)N1CCC[C@@H](C(=O)O)C1. The van der Waals surface area contributed by atoms with Crippen molar-refractivity contribution in [2.45, 2.75) is 19.8 Å². The zero-order valence-corrected chi connectivity index (χ0v) is 12.3. The van der Waals surface area contributed by atoms with Crippen LogP contribution in [0.15, 0.2) is 22.7 Å². The van der Waals surface area contributed by atoms with Gasteiger partial charge in [0.15, 0.2) is 0 Å². The number of nitrogens with zero attached hydrogens (tertiary/aromatic N) is 1. The highest BCUT2D eigenvalue weighted by atomic mass is 79.9. The van der Waals surface area contributed by atoms with E-state index in [-0.39, 0.29) is 5.91 Å². The predicted octanol–water partition coefficient (Wildman–Crippen LogP) is 2.69. The molecule has 0 aliphatic carbocycles. The molecule has 102 valence electrons. The summed E-state index contributed by atoms with van der Waals surface area (Å²) < 4.78 is 0.894. The first-order valence-corrected chi connectivity index (χ1v) is 7.07. The van der Waals surface area contributed by atoms with Gasteiger partial charge in [-0.1, -0.05) is 22.0 Å². The van der Waals surface area contributed by atoms with Gasteiger partial charge in [-0.05, 0) is 37.5 Å².